The molecule has 29 heavy (non-hydrogen) atoms. The molecule has 2 aliphatic rings. The van der Waals surface area contributed by atoms with Crippen LogP contribution in [0, 0.1) is 0 Å². The summed E-state index contributed by atoms with van der Waals surface area (Å²) in [6.07, 6.45) is 4.41. The van der Waals surface area contributed by atoms with Crippen molar-refractivity contribution in [3.8, 4) is 5.75 Å². The Balaban J connectivity index is 1.41. The van der Waals surface area contributed by atoms with Crippen LogP contribution in [0.15, 0.2) is 54.6 Å². The minimum absolute atomic E-state index is 0.0523. The van der Waals surface area contributed by atoms with Crippen LogP contribution in [0.25, 0.3) is 0 Å². The van der Waals surface area contributed by atoms with E-state index in [-0.39, 0.29) is 30.6 Å². The number of fused-ring (bicyclic) bond motifs is 1. The summed E-state index contributed by atoms with van der Waals surface area (Å²) in [5.41, 5.74) is 1.11. The van der Waals surface area contributed by atoms with Gasteiger partial charge < -0.3 is 19.7 Å². The molecule has 1 N–H and O–H groups in total. The Labute approximate surface area is 170 Å². The molecule has 1 heterocycles. The first-order chi connectivity index (χ1) is 14.2. The second kappa shape index (κ2) is 9.09. The Hall–Kier alpha value is -2.86. The second-order valence-corrected chi connectivity index (χ2v) is 7.45. The summed E-state index contributed by atoms with van der Waals surface area (Å²) < 4.78 is 11.6. The quantitative estimate of drug-likeness (QED) is 0.843. The molecule has 1 aliphatic heterocycles. The fraction of sp³-hybridized carbons (Fsp3) is 0.391. The van der Waals surface area contributed by atoms with Gasteiger partial charge in [-0.05, 0) is 37.1 Å². The first-order valence-corrected chi connectivity index (χ1v) is 10.2. The first kappa shape index (κ1) is 19.5. The number of ether oxygens (including phenoxy) is 2. The SMILES string of the molecule is O=C(Nc1ccccc1)c1ccccc1OCC(=O)N1CCO[C@H]2CCCC[C@@H]21. The maximum Gasteiger partial charge on any atom is 0.260 e. The molecule has 6 heteroatoms. The molecule has 0 bridgehead atoms. The van der Waals surface area contributed by atoms with Crippen molar-refractivity contribution < 1.29 is 19.1 Å². The summed E-state index contributed by atoms with van der Waals surface area (Å²) in [5, 5.41) is 2.86. The normalized spacial score (nSPS) is 21.2. The monoisotopic (exact) mass is 394 g/mol. The van der Waals surface area contributed by atoms with Crippen molar-refractivity contribution in [3.63, 3.8) is 0 Å². The van der Waals surface area contributed by atoms with Crippen LogP contribution in [0.4, 0.5) is 5.69 Å². The zero-order valence-corrected chi connectivity index (χ0v) is 16.4. The molecule has 4 rings (SSSR count). The summed E-state index contributed by atoms with van der Waals surface area (Å²) >= 11 is 0. The Kier molecular flexibility index (Phi) is 6.10. The molecule has 2 fully saturated rings. The lowest BCUT2D eigenvalue weighted by Gasteiger charge is -2.43. The highest BCUT2D eigenvalue weighted by atomic mass is 16.5. The number of rotatable bonds is 5. The fourth-order valence-electron chi connectivity index (χ4n) is 4.13. The molecular formula is C23H26N2O4. The van der Waals surface area contributed by atoms with E-state index >= 15 is 0 Å². The van der Waals surface area contributed by atoms with Crippen molar-refractivity contribution >= 4 is 17.5 Å². The predicted octanol–water partition coefficient (Wildman–Crippen LogP) is 3.49. The van der Waals surface area contributed by atoms with E-state index < -0.39 is 0 Å². The van der Waals surface area contributed by atoms with Crippen LogP contribution in [-0.4, -0.2) is 48.6 Å². The van der Waals surface area contributed by atoms with Crippen molar-refractivity contribution in [1.82, 2.24) is 4.90 Å². The Bertz CT molecular complexity index is 853. The number of carbonyl (C=O) groups is 2. The Morgan fingerprint density at radius 2 is 1.79 bits per heavy atom. The van der Waals surface area contributed by atoms with Gasteiger partial charge in [0.05, 0.1) is 24.3 Å². The molecule has 6 nitrogen and oxygen atoms in total. The molecule has 152 valence electrons. The number of morpholine rings is 1. The number of hydrogen-bond acceptors (Lipinski definition) is 4. The van der Waals surface area contributed by atoms with Gasteiger partial charge in [-0.1, -0.05) is 43.2 Å². The summed E-state index contributed by atoms with van der Waals surface area (Å²) in [6, 6.07) is 16.4. The standard InChI is InChI=1S/C23H26N2O4/c26-22(25-14-15-28-21-13-7-5-11-19(21)25)16-29-20-12-6-4-10-18(20)23(27)24-17-8-2-1-3-9-17/h1-4,6,8-10,12,19,21H,5,7,11,13-16H2,(H,24,27)/t19-,21-/m0/s1. The van der Waals surface area contributed by atoms with Crippen molar-refractivity contribution in [1.29, 1.82) is 0 Å². The molecule has 0 unspecified atom stereocenters. The van der Waals surface area contributed by atoms with Gasteiger partial charge in [-0.2, -0.15) is 0 Å². The average Bonchev–Trinajstić information content (AvgIpc) is 2.78. The van der Waals surface area contributed by atoms with Crippen molar-refractivity contribution in [3.05, 3.63) is 60.2 Å². The topological polar surface area (TPSA) is 67.9 Å². The van der Waals surface area contributed by atoms with Crippen molar-refractivity contribution in [2.45, 2.75) is 37.8 Å². The van der Waals surface area contributed by atoms with Gasteiger partial charge in [0.2, 0.25) is 0 Å². The van der Waals surface area contributed by atoms with Crippen LogP contribution in [0.5, 0.6) is 5.75 Å². The third kappa shape index (κ3) is 4.59. The van der Waals surface area contributed by atoms with Crippen molar-refractivity contribution in [2.75, 3.05) is 25.1 Å². The molecular weight excluding hydrogens is 368 g/mol. The highest BCUT2D eigenvalue weighted by Crippen LogP contribution is 2.28. The highest BCUT2D eigenvalue weighted by molar-refractivity contribution is 6.06. The van der Waals surface area contributed by atoms with Crippen LogP contribution in [0.3, 0.4) is 0 Å². The molecule has 1 aliphatic carbocycles. The van der Waals surface area contributed by atoms with Gasteiger partial charge in [0.15, 0.2) is 6.61 Å². The molecule has 2 aromatic carbocycles. The van der Waals surface area contributed by atoms with Crippen LogP contribution >= 0.6 is 0 Å². The molecule has 2 amide bonds. The first-order valence-electron chi connectivity index (χ1n) is 10.2. The van der Waals surface area contributed by atoms with Gasteiger partial charge in [-0.3, -0.25) is 9.59 Å². The van der Waals surface area contributed by atoms with E-state index in [0.29, 0.717) is 30.2 Å². The lowest BCUT2D eigenvalue weighted by molar-refractivity contribution is -0.151. The lowest BCUT2D eigenvalue weighted by atomic mass is 9.90. The predicted molar refractivity (Wildman–Crippen MR) is 110 cm³/mol. The van der Waals surface area contributed by atoms with Crippen LogP contribution in [-0.2, 0) is 9.53 Å². The number of nitrogens with one attached hydrogen (secondary N) is 1. The number of nitrogens with zero attached hydrogens (tertiary/aromatic N) is 1. The second-order valence-electron chi connectivity index (χ2n) is 7.45. The average molecular weight is 394 g/mol. The van der Waals surface area contributed by atoms with Crippen LogP contribution in [0.1, 0.15) is 36.0 Å². The van der Waals surface area contributed by atoms with Crippen LogP contribution in [0.2, 0.25) is 0 Å². The van der Waals surface area contributed by atoms with Gasteiger partial charge in [-0.25, -0.2) is 0 Å². The van der Waals surface area contributed by atoms with E-state index in [1.165, 1.54) is 0 Å². The Morgan fingerprint density at radius 3 is 2.66 bits per heavy atom. The molecule has 1 saturated carbocycles. The van der Waals surface area contributed by atoms with E-state index in [1.807, 2.05) is 35.2 Å². The zero-order valence-electron chi connectivity index (χ0n) is 16.4. The minimum atomic E-state index is -0.266. The smallest absolute Gasteiger partial charge is 0.260 e. The third-order valence-corrected chi connectivity index (χ3v) is 5.57. The van der Waals surface area contributed by atoms with Gasteiger partial charge in [0.1, 0.15) is 5.75 Å². The number of hydrogen-bond donors (Lipinski definition) is 1. The van der Waals surface area contributed by atoms with E-state index in [4.69, 9.17) is 9.47 Å². The minimum Gasteiger partial charge on any atom is -0.483 e. The van der Waals surface area contributed by atoms with Crippen LogP contribution < -0.4 is 10.1 Å². The largest absolute Gasteiger partial charge is 0.483 e. The van der Waals surface area contributed by atoms with Gasteiger partial charge in [0.25, 0.3) is 11.8 Å². The zero-order chi connectivity index (χ0) is 20.1. The van der Waals surface area contributed by atoms with E-state index in [1.54, 1.807) is 24.3 Å². The van der Waals surface area contributed by atoms with E-state index in [0.717, 1.165) is 25.7 Å². The van der Waals surface area contributed by atoms with Gasteiger partial charge in [0, 0.05) is 12.2 Å². The maximum absolute atomic E-state index is 12.8. The fourth-order valence-corrected chi connectivity index (χ4v) is 4.13. The Morgan fingerprint density at radius 1 is 1.03 bits per heavy atom. The third-order valence-electron chi connectivity index (χ3n) is 5.57. The van der Waals surface area contributed by atoms with Gasteiger partial charge in [-0.15, -0.1) is 0 Å². The number of amides is 2. The highest BCUT2D eigenvalue weighted by Gasteiger charge is 2.36. The maximum atomic E-state index is 12.8. The lowest BCUT2D eigenvalue weighted by Crippen LogP contribution is -2.55. The molecule has 0 radical (unpaired) electrons. The van der Waals surface area contributed by atoms with E-state index in [9.17, 15) is 9.59 Å². The molecule has 2 atom stereocenters. The summed E-state index contributed by atoms with van der Waals surface area (Å²) in [5.74, 6) is 0.0872. The number of para-hydroxylation sites is 2. The summed E-state index contributed by atoms with van der Waals surface area (Å²) in [7, 11) is 0. The molecule has 2 aromatic rings. The number of carbonyl (C=O) groups excluding carboxylic acids is 2. The van der Waals surface area contributed by atoms with Crippen molar-refractivity contribution in [2.24, 2.45) is 0 Å². The van der Waals surface area contributed by atoms with Gasteiger partial charge >= 0.3 is 0 Å². The molecule has 1 saturated heterocycles. The summed E-state index contributed by atoms with van der Waals surface area (Å²) in [6.45, 7) is 1.08. The number of benzene rings is 2. The summed E-state index contributed by atoms with van der Waals surface area (Å²) in [4.78, 5) is 27.4. The molecule has 0 spiro atoms. The number of anilines is 1. The molecule has 0 aromatic heterocycles. The van der Waals surface area contributed by atoms with E-state index in [2.05, 4.69) is 5.32 Å².